The fraction of sp³-hybridized carbons (Fsp3) is 0.609. The Kier molecular flexibility index (Phi) is 8.92. The summed E-state index contributed by atoms with van der Waals surface area (Å²) in [6, 6.07) is 4.27. The predicted octanol–water partition coefficient (Wildman–Crippen LogP) is 2.48. The average Bonchev–Trinajstić information content (AvgIpc) is 2.75. The minimum Gasteiger partial charge on any atom is -0.487 e. The van der Waals surface area contributed by atoms with E-state index in [2.05, 4.69) is 11.8 Å². The van der Waals surface area contributed by atoms with E-state index in [9.17, 15) is 18.3 Å². The number of fused-ring (bicyclic) bond motifs is 1. The minimum atomic E-state index is -3.88. The number of hydrogen-bond acceptors (Lipinski definition) is 5. The third kappa shape index (κ3) is 6.00. The summed E-state index contributed by atoms with van der Waals surface area (Å²) in [5, 5.41) is 9.69. The monoisotopic (exact) mass is 450 g/mol. The van der Waals surface area contributed by atoms with Gasteiger partial charge in [-0.2, -0.15) is 4.31 Å². The normalized spacial score (nSPS) is 21.5. The number of likely N-dealkylation sites (N-methyl/N-ethyl adjacent to an activating group) is 1. The standard InChI is InChI=1S/C23H34N2O5S/c1-6-8-9-10-19-11-12-22-20(13-19)30-21(15-24(5)23(27)7-2)17(3)14-25(18(4)16-26)31(22,28)29/h11-13,17-18,21,26H,6-8,14-16H2,1-5H3/t17-,18+,21-/m1/s1. The van der Waals surface area contributed by atoms with Crippen molar-refractivity contribution in [1.82, 2.24) is 9.21 Å². The SMILES string of the molecule is CCCC#Cc1ccc2c(c1)O[C@H](CN(C)C(=O)CC)[C@H](C)CN([C@@H](C)CO)S2(=O)=O. The molecule has 1 aromatic carbocycles. The first-order chi connectivity index (χ1) is 14.6. The lowest BCUT2D eigenvalue weighted by atomic mass is 10.0. The fourth-order valence-corrected chi connectivity index (χ4v) is 5.28. The van der Waals surface area contributed by atoms with Crippen LogP contribution in [0.1, 0.15) is 52.5 Å². The van der Waals surface area contributed by atoms with Crippen LogP contribution in [0.3, 0.4) is 0 Å². The molecule has 1 N–H and O–H groups in total. The molecule has 1 heterocycles. The maximum Gasteiger partial charge on any atom is 0.247 e. The van der Waals surface area contributed by atoms with Crippen molar-refractivity contribution in [3.8, 4) is 17.6 Å². The molecule has 1 aliphatic heterocycles. The van der Waals surface area contributed by atoms with E-state index in [0.717, 1.165) is 12.8 Å². The summed E-state index contributed by atoms with van der Waals surface area (Å²) in [7, 11) is -2.16. The molecule has 0 saturated carbocycles. The first kappa shape index (κ1) is 25.2. The number of amides is 1. The third-order valence-electron chi connectivity index (χ3n) is 5.46. The molecule has 0 spiro atoms. The molecule has 0 radical (unpaired) electrons. The van der Waals surface area contributed by atoms with Gasteiger partial charge in [-0.25, -0.2) is 8.42 Å². The number of carbonyl (C=O) groups is 1. The Morgan fingerprint density at radius 3 is 2.71 bits per heavy atom. The molecule has 0 fully saturated rings. The molecule has 0 unspecified atom stereocenters. The van der Waals surface area contributed by atoms with E-state index in [1.807, 2.05) is 13.8 Å². The molecule has 0 aliphatic carbocycles. The lowest BCUT2D eigenvalue weighted by molar-refractivity contribution is -0.131. The molecule has 0 bridgehead atoms. The molecule has 8 heteroatoms. The lowest BCUT2D eigenvalue weighted by Crippen LogP contribution is -2.50. The zero-order valence-corrected chi connectivity index (χ0v) is 19.9. The van der Waals surface area contributed by atoms with E-state index in [0.29, 0.717) is 18.5 Å². The Balaban J connectivity index is 2.56. The van der Waals surface area contributed by atoms with E-state index >= 15 is 0 Å². The molecule has 0 saturated heterocycles. The Hall–Kier alpha value is -2.08. The number of rotatable bonds is 6. The number of carbonyl (C=O) groups excluding carboxylic acids is 1. The van der Waals surface area contributed by atoms with Crippen LogP contribution in [0.25, 0.3) is 0 Å². The highest BCUT2D eigenvalue weighted by atomic mass is 32.2. The van der Waals surface area contributed by atoms with Gasteiger partial charge in [0.1, 0.15) is 16.7 Å². The summed E-state index contributed by atoms with van der Waals surface area (Å²) >= 11 is 0. The second-order valence-electron chi connectivity index (χ2n) is 8.08. The number of benzene rings is 1. The van der Waals surface area contributed by atoms with Gasteiger partial charge < -0.3 is 14.7 Å². The van der Waals surface area contributed by atoms with Crippen molar-refractivity contribution >= 4 is 15.9 Å². The van der Waals surface area contributed by atoms with Crippen LogP contribution in [-0.4, -0.2) is 67.5 Å². The molecular formula is C23H34N2O5S. The largest absolute Gasteiger partial charge is 0.487 e. The molecular weight excluding hydrogens is 416 g/mol. The van der Waals surface area contributed by atoms with Crippen LogP contribution < -0.4 is 4.74 Å². The lowest BCUT2D eigenvalue weighted by Gasteiger charge is -2.37. The summed E-state index contributed by atoms with van der Waals surface area (Å²) in [6.45, 7) is 7.65. The molecule has 1 aromatic rings. The minimum absolute atomic E-state index is 0.00882. The van der Waals surface area contributed by atoms with Crippen molar-refractivity contribution in [2.24, 2.45) is 5.92 Å². The average molecular weight is 451 g/mol. The fourth-order valence-electron chi connectivity index (χ4n) is 3.45. The summed E-state index contributed by atoms with van der Waals surface area (Å²) in [5.41, 5.74) is 0.675. The summed E-state index contributed by atoms with van der Waals surface area (Å²) in [4.78, 5) is 13.8. The van der Waals surface area contributed by atoms with Gasteiger partial charge in [-0.3, -0.25) is 4.79 Å². The van der Waals surface area contributed by atoms with Crippen LogP contribution in [-0.2, 0) is 14.8 Å². The number of aliphatic hydroxyl groups excluding tert-OH is 1. The Morgan fingerprint density at radius 2 is 2.10 bits per heavy atom. The van der Waals surface area contributed by atoms with Crippen molar-refractivity contribution in [2.45, 2.75) is 64.0 Å². The van der Waals surface area contributed by atoms with E-state index < -0.39 is 22.2 Å². The summed E-state index contributed by atoms with van der Waals surface area (Å²) in [5.74, 6) is 6.13. The summed E-state index contributed by atoms with van der Waals surface area (Å²) < 4.78 is 34.4. The molecule has 0 aromatic heterocycles. The third-order valence-corrected chi connectivity index (χ3v) is 7.48. The second-order valence-corrected chi connectivity index (χ2v) is 9.94. The van der Waals surface area contributed by atoms with Crippen LogP contribution in [0, 0.1) is 17.8 Å². The van der Waals surface area contributed by atoms with Gasteiger partial charge in [-0.05, 0) is 31.5 Å². The van der Waals surface area contributed by atoms with Crippen molar-refractivity contribution in [2.75, 3.05) is 26.7 Å². The topological polar surface area (TPSA) is 87.2 Å². The van der Waals surface area contributed by atoms with E-state index in [1.165, 1.54) is 10.4 Å². The van der Waals surface area contributed by atoms with Crippen LogP contribution in [0.15, 0.2) is 23.1 Å². The molecule has 7 nitrogen and oxygen atoms in total. The van der Waals surface area contributed by atoms with E-state index in [4.69, 9.17) is 4.74 Å². The number of sulfonamides is 1. The number of hydrogen-bond donors (Lipinski definition) is 1. The van der Waals surface area contributed by atoms with Gasteiger partial charge in [0, 0.05) is 44.0 Å². The van der Waals surface area contributed by atoms with Crippen molar-refractivity contribution in [3.05, 3.63) is 23.8 Å². The van der Waals surface area contributed by atoms with Gasteiger partial charge in [0.25, 0.3) is 0 Å². The van der Waals surface area contributed by atoms with Crippen LogP contribution >= 0.6 is 0 Å². The maximum absolute atomic E-state index is 13.4. The number of unbranched alkanes of at least 4 members (excludes halogenated alkanes) is 1. The van der Waals surface area contributed by atoms with Gasteiger partial charge in [-0.1, -0.05) is 32.6 Å². The first-order valence-electron chi connectivity index (χ1n) is 10.8. The van der Waals surface area contributed by atoms with Crippen LogP contribution in [0.4, 0.5) is 0 Å². The van der Waals surface area contributed by atoms with Crippen molar-refractivity contribution in [3.63, 3.8) is 0 Å². The van der Waals surface area contributed by atoms with E-state index in [-0.39, 0.29) is 35.6 Å². The number of nitrogens with zero attached hydrogens (tertiary/aromatic N) is 2. The predicted molar refractivity (Wildman–Crippen MR) is 120 cm³/mol. The summed E-state index contributed by atoms with van der Waals surface area (Å²) in [6.07, 6.45) is 1.66. The van der Waals surface area contributed by atoms with Gasteiger partial charge in [0.2, 0.25) is 15.9 Å². The van der Waals surface area contributed by atoms with Gasteiger partial charge in [0.05, 0.1) is 13.2 Å². The number of aliphatic hydroxyl groups is 1. The highest BCUT2D eigenvalue weighted by molar-refractivity contribution is 7.89. The van der Waals surface area contributed by atoms with Crippen molar-refractivity contribution in [1.29, 1.82) is 0 Å². The second kappa shape index (κ2) is 11.0. The Morgan fingerprint density at radius 1 is 1.39 bits per heavy atom. The van der Waals surface area contributed by atoms with Gasteiger partial charge in [0.15, 0.2) is 0 Å². The molecule has 2 rings (SSSR count). The smallest absolute Gasteiger partial charge is 0.247 e. The highest BCUT2D eigenvalue weighted by Crippen LogP contribution is 2.34. The molecule has 1 amide bonds. The zero-order valence-electron chi connectivity index (χ0n) is 19.1. The van der Waals surface area contributed by atoms with Gasteiger partial charge >= 0.3 is 0 Å². The molecule has 172 valence electrons. The Labute approximate surface area is 186 Å². The van der Waals surface area contributed by atoms with Crippen LogP contribution in [0.2, 0.25) is 0 Å². The molecule has 3 atom stereocenters. The number of ether oxygens (including phenoxy) is 1. The quantitative estimate of drug-likeness (QED) is 0.673. The molecule has 31 heavy (non-hydrogen) atoms. The highest BCUT2D eigenvalue weighted by Gasteiger charge is 2.38. The van der Waals surface area contributed by atoms with Crippen LogP contribution in [0.5, 0.6) is 5.75 Å². The van der Waals surface area contributed by atoms with E-state index in [1.54, 1.807) is 37.9 Å². The zero-order chi connectivity index (χ0) is 23.2. The molecule has 1 aliphatic rings. The van der Waals surface area contributed by atoms with Crippen molar-refractivity contribution < 1.29 is 23.1 Å². The first-order valence-corrected chi connectivity index (χ1v) is 12.3. The maximum atomic E-state index is 13.4. The Bertz CT molecular complexity index is 935. The van der Waals surface area contributed by atoms with Gasteiger partial charge in [-0.15, -0.1) is 0 Å².